The van der Waals surface area contributed by atoms with Gasteiger partial charge in [-0.1, -0.05) is 6.07 Å². The Morgan fingerprint density at radius 1 is 1.06 bits per heavy atom. The average Bonchev–Trinajstić information content (AvgIpc) is 2.35. The summed E-state index contributed by atoms with van der Waals surface area (Å²) in [7, 11) is 0. The molecule has 1 aromatic rings. The van der Waals surface area contributed by atoms with Crippen molar-refractivity contribution in [3.8, 4) is 0 Å². The quantitative estimate of drug-likeness (QED) is 0.840. The van der Waals surface area contributed by atoms with Crippen LogP contribution in [-0.4, -0.2) is 37.5 Å². The minimum atomic E-state index is -2.63. The first-order valence-electron chi connectivity index (χ1n) is 5.77. The molecule has 6 heteroatoms. The van der Waals surface area contributed by atoms with Crippen LogP contribution in [0.3, 0.4) is 0 Å². The van der Waals surface area contributed by atoms with E-state index in [-0.39, 0.29) is 5.56 Å². The first-order valence-corrected chi connectivity index (χ1v) is 5.77. The van der Waals surface area contributed by atoms with Crippen molar-refractivity contribution in [2.24, 2.45) is 0 Å². The molecule has 0 amide bonds. The molecule has 1 aliphatic rings. The molecule has 18 heavy (non-hydrogen) atoms. The smallest absolute Gasteiger partial charge is 0.258 e. The van der Waals surface area contributed by atoms with Crippen molar-refractivity contribution in [1.29, 1.82) is 0 Å². The molecule has 0 aliphatic carbocycles. The van der Waals surface area contributed by atoms with Crippen molar-refractivity contribution in [2.45, 2.75) is 12.5 Å². The fourth-order valence-corrected chi connectivity index (χ4v) is 2.17. The average molecular weight is 262 g/mol. The second kappa shape index (κ2) is 5.67. The van der Waals surface area contributed by atoms with Crippen LogP contribution in [0.1, 0.15) is 11.6 Å². The number of alkyl halides is 2. The van der Waals surface area contributed by atoms with Gasteiger partial charge >= 0.3 is 0 Å². The van der Waals surface area contributed by atoms with Gasteiger partial charge in [0.15, 0.2) is 11.6 Å². The van der Waals surface area contributed by atoms with Gasteiger partial charge in [0, 0.05) is 26.2 Å². The highest BCUT2D eigenvalue weighted by molar-refractivity contribution is 5.22. The van der Waals surface area contributed by atoms with E-state index in [2.05, 4.69) is 5.32 Å². The van der Waals surface area contributed by atoms with Gasteiger partial charge in [-0.15, -0.1) is 0 Å². The van der Waals surface area contributed by atoms with E-state index in [1.807, 2.05) is 0 Å². The van der Waals surface area contributed by atoms with E-state index in [1.54, 1.807) is 4.90 Å². The highest BCUT2D eigenvalue weighted by atomic mass is 19.3. The fraction of sp³-hybridized carbons (Fsp3) is 0.500. The van der Waals surface area contributed by atoms with Crippen LogP contribution in [0.4, 0.5) is 17.6 Å². The Bertz CT molecular complexity index is 405. The molecule has 1 fully saturated rings. The van der Waals surface area contributed by atoms with Crippen molar-refractivity contribution in [3.63, 3.8) is 0 Å². The van der Waals surface area contributed by atoms with Crippen molar-refractivity contribution < 1.29 is 17.6 Å². The third-order valence-electron chi connectivity index (χ3n) is 3.07. The number of rotatable bonds is 3. The summed E-state index contributed by atoms with van der Waals surface area (Å²) in [6.45, 7) is 2.17. The Kier molecular flexibility index (Phi) is 4.19. The van der Waals surface area contributed by atoms with E-state index >= 15 is 0 Å². The summed E-state index contributed by atoms with van der Waals surface area (Å²) in [6.07, 6.45) is -2.63. The highest BCUT2D eigenvalue weighted by Crippen LogP contribution is 2.28. The van der Waals surface area contributed by atoms with E-state index in [0.29, 0.717) is 26.2 Å². The van der Waals surface area contributed by atoms with Gasteiger partial charge in [-0.3, -0.25) is 4.90 Å². The summed E-state index contributed by atoms with van der Waals surface area (Å²) in [6, 6.07) is 1.79. The summed E-state index contributed by atoms with van der Waals surface area (Å²) in [5.41, 5.74) is 0.116. The molecule has 1 heterocycles. The molecule has 1 saturated heterocycles. The lowest BCUT2D eigenvalue weighted by molar-refractivity contribution is 0.0180. The zero-order valence-corrected chi connectivity index (χ0v) is 9.67. The van der Waals surface area contributed by atoms with Gasteiger partial charge in [0.2, 0.25) is 0 Å². The van der Waals surface area contributed by atoms with Gasteiger partial charge in [0.25, 0.3) is 6.43 Å². The number of hydrogen-bond donors (Lipinski definition) is 1. The Labute approximate surface area is 103 Å². The molecular weight excluding hydrogens is 248 g/mol. The number of benzene rings is 1. The summed E-state index contributed by atoms with van der Waals surface area (Å²) in [4.78, 5) is 1.59. The third kappa shape index (κ3) is 2.81. The molecular formula is C12H14F4N2. The molecule has 0 radical (unpaired) electrons. The first kappa shape index (κ1) is 13.3. The Hall–Kier alpha value is -1.14. The predicted molar refractivity (Wildman–Crippen MR) is 59.5 cm³/mol. The van der Waals surface area contributed by atoms with Crippen molar-refractivity contribution in [3.05, 3.63) is 35.4 Å². The lowest BCUT2D eigenvalue weighted by atomic mass is 10.0. The maximum Gasteiger partial charge on any atom is 0.258 e. The van der Waals surface area contributed by atoms with Crippen LogP contribution in [0.2, 0.25) is 0 Å². The van der Waals surface area contributed by atoms with Crippen LogP contribution in [0.5, 0.6) is 0 Å². The molecule has 2 rings (SSSR count). The predicted octanol–water partition coefficient (Wildman–Crippen LogP) is 2.18. The molecule has 1 aliphatic heterocycles. The maximum atomic E-state index is 13.1. The fourth-order valence-electron chi connectivity index (χ4n) is 2.17. The Morgan fingerprint density at radius 3 is 2.28 bits per heavy atom. The van der Waals surface area contributed by atoms with Gasteiger partial charge in [0.1, 0.15) is 0 Å². The summed E-state index contributed by atoms with van der Waals surface area (Å²) in [5, 5.41) is 3.06. The standard InChI is InChI=1S/C12H14F4N2/c13-9-2-1-8(7-10(9)14)11(12(15)16)18-5-3-17-4-6-18/h1-2,7,11-12,17H,3-6H2/t11-/m0/s1. The normalized spacial score (nSPS) is 19.2. The number of nitrogens with one attached hydrogen (secondary N) is 1. The molecule has 0 bridgehead atoms. The molecule has 2 nitrogen and oxygen atoms in total. The van der Waals surface area contributed by atoms with E-state index in [9.17, 15) is 17.6 Å². The van der Waals surface area contributed by atoms with Crippen molar-refractivity contribution >= 4 is 0 Å². The van der Waals surface area contributed by atoms with Gasteiger partial charge in [0.05, 0.1) is 6.04 Å². The van der Waals surface area contributed by atoms with Gasteiger partial charge in [-0.2, -0.15) is 0 Å². The summed E-state index contributed by atoms with van der Waals surface area (Å²) >= 11 is 0. The molecule has 0 aromatic heterocycles. The molecule has 1 aromatic carbocycles. The minimum absolute atomic E-state index is 0.116. The van der Waals surface area contributed by atoms with Crippen LogP contribution in [-0.2, 0) is 0 Å². The van der Waals surface area contributed by atoms with E-state index in [1.165, 1.54) is 6.07 Å². The monoisotopic (exact) mass is 262 g/mol. The number of hydrogen-bond acceptors (Lipinski definition) is 2. The zero-order valence-electron chi connectivity index (χ0n) is 9.67. The van der Waals surface area contributed by atoms with Crippen LogP contribution in [0, 0.1) is 11.6 Å². The summed E-state index contributed by atoms with van der Waals surface area (Å²) in [5.74, 6) is -2.11. The summed E-state index contributed by atoms with van der Waals surface area (Å²) < 4.78 is 52.2. The lowest BCUT2D eigenvalue weighted by Gasteiger charge is -2.34. The third-order valence-corrected chi connectivity index (χ3v) is 3.07. The van der Waals surface area contributed by atoms with Gasteiger partial charge in [-0.05, 0) is 17.7 Å². The van der Waals surface area contributed by atoms with E-state index < -0.39 is 24.1 Å². The minimum Gasteiger partial charge on any atom is -0.314 e. The van der Waals surface area contributed by atoms with E-state index in [0.717, 1.165) is 12.1 Å². The molecule has 0 saturated carbocycles. The van der Waals surface area contributed by atoms with Gasteiger partial charge < -0.3 is 5.32 Å². The number of halogens is 4. The van der Waals surface area contributed by atoms with Crippen molar-refractivity contribution in [1.82, 2.24) is 10.2 Å². The molecule has 0 spiro atoms. The van der Waals surface area contributed by atoms with Crippen LogP contribution in [0.15, 0.2) is 18.2 Å². The van der Waals surface area contributed by atoms with Crippen LogP contribution < -0.4 is 5.32 Å². The second-order valence-corrected chi connectivity index (χ2v) is 4.24. The molecule has 100 valence electrons. The first-order chi connectivity index (χ1) is 8.59. The zero-order chi connectivity index (χ0) is 13.1. The van der Waals surface area contributed by atoms with Crippen molar-refractivity contribution in [2.75, 3.05) is 26.2 Å². The maximum absolute atomic E-state index is 13.1. The lowest BCUT2D eigenvalue weighted by Crippen LogP contribution is -2.46. The van der Waals surface area contributed by atoms with Gasteiger partial charge in [-0.25, -0.2) is 17.6 Å². The Balaban J connectivity index is 2.25. The highest BCUT2D eigenvalue weighted by Gasteiger charge is 2.30. The second-order valence-electron chi connectivity index (χ2n) is 4.24. The molecule has 1 N–H and O–H groups in total. The molecule has 0 unspecified atom stereocenters. The Morgan fingerprint density at radius 2 is 1.72 bits per heavy atom. The topological polar surface area (TPSA) is 15.3 Å². The SMILES string of the molecule is Fc1ccc([C@@H](C(F)F)N2CCNCC2)cc1F. The number of piperazine rings is 1. The molecule has 1 atom stereocenters. The largest absolute Gasteiger partial charge is 0.314 e. The number of nitrogens with zero attached hydrogens (tertiary/aromatic N) is 1. The van der Waals surface area contributed by atoms with E-state index in [4.69, 9.17) is 0 Å². The van der Waals surface area contributed by atoms with Crippen LogP contribution in [0.25, 0.3) is 0 Å². The van der Waals surface area contributed by atoms with Crippen LogP contribution >= 0.6 is 0 Å².